The van der Waals surface area contributed by atoms with E-state index in [0.717, 1.165) is 31.2 Å². The van der Waals surface area contributed by atoms with E-state index in [0.29, 0.717) is 36.1 Å². The molecule has 1 N–H and O–H groups in total. The number of rotatable bonds is 7. The molecule has 12 heteroatoms. The third-order valence-electron chi connectivity index (χ3n) is 6.11. The molecule has 4 aromatic rings. The van der Waals surface area contributed by atoms with Gasteiger partial charge in [0.15, 0.2) is 9.84 Å². The van der Waals surface area contributed by atoms with Gasteiger partial charge in [-0.2, -0.15) is 0 Å². The molecule has 0 saturated heterocycles. The van der Waals surface area contributed by atoms with Crippen LogP contribution >= 0.6 is 34.3 Å². The molecular formula is C26H24ClN3O5S3. The van der Waals surface area contributed by atoms with Gasteiger partial charge in [0.05, 0.1) is 34.0 Å². The minimum absolute atomic E-state index is 0.121. The van der Waals surface area contributed by atoms with Crippen LogP contribution in [0.4, 0.5) is 9.80 Å². The number of ether oxygens (including phenoxy) is 1. The summed E-state index contributed by atoms with van der Waals surface area (Å²) in [5.74, 6) is -0.746. The fourth-order valence-corrected chi connectivity index (χ4v) is 8.00. The van der Waals surface area contributed by atoms with Gasteiger partial charge < -0.3 is 15.0 Å². The molecule has 1 aliphatic heterocycles. The number of para-hydroxylation sites is 1. The highest BCUT2D eigenvalue weighted by Crippen LogP contribution is 2.45. The average Bonchev–Trinajstić information content (AvgIpc) is 3.48. The molecule has 0 spiro atoms. The fourth-order valence-electron chi connectivity index (χ4n) is 4.24. The van der Waals surface area contributed by atoms with E-state index < -0.39 is 15.7 Å². The van der Waals surface area contributed by atoms with E-state index in [1.54, 1.807) is 11.8 Å². The first kappa shape index (κ1) is 26.6. The Morgan fingerprint density at radius 1 is 1.13 bits per heavy atom. The van der Waals surface area contributed by atoms with Crippen LogP contribution in [0.25, 0.3) is 20.8 Å². The van der Waals surface area contributed by atoms with Crippen molar-refractivity contribution in [2.75, 3.05) is 24.2 Å². The molecule has 0 bridgehead atoms. The zero-order chi connectivity index (χ0) is 26.9. The number of thiophene rings is 1. The zero-order valence-electron chi connectivity index (χ0n) is 20.4. The number of carbonyl (C=O) groups is 2. The number of carbonyl (C=O) groups excluding carboxylic acids is 2. The number of sulfone groups is 1. The van der Waals surface area contributed by atoms with Gasteiger partial charge in [-0.25, -0.2) is 18.2 Å². The van der Waals surface area contributed by atoms with Gasteiger partial charge in [0.1, 0.15) is 10.0 Å². The van der Waals surface area contributed by atoms with Crippen LogP contribution in [-0.4, -0.2) is 49.2 Å². The number of halogens is 1. The zero-order valence-corrected chi connectivity index (χ0v) is 23.6. The van der Waals surface area contributed by atoms with Crippen molar-refractivity contribution in [3.8, 4) is 10.6 Å². The third-order valence-corrected chi connectivity index (χ3v) is 10.3. The van der Waals surface area contributed by atoms with Gasteiger partial charge in [0.25, 0.3) is 0 Å². The molecule has 2 aromatic carbocycles. The highest BCUT2D eigenvalue weighted by atomic mass is 35.5. The van der Waals surface area contributed by atoms with Crippen LogP contribution in [0.5, 0.6) is 0 Å². The van der Waals surface area contributed by atoms with Crippen LogP contribution in [0.2, 0.25) is 5.02 Å². The van der Waals surface area contributed by atoms with E-state index in [2.05, 4.69) is 5.32 Å². The van der Waals surface area contributed by atoms with E-state index >= 15 is 0 Å². The molecule has 0 atom stereocenters. The first-order valence-electron chi connectivity index (χ1n) is 12.0. The van der Waals surface area contributed by atoms with Crippen LogP contribution in [0.1, 0.15) is 23.8 Å². The quantitative estimate of drug-likeness (QED) is 0.284. The second-order valence-corrected chi connectivity index (χ2v) is 13.3. The SMILES string of the molecule is CCOC(=O)N1CCc2c(sc(NC(=O)CCS(=O)(=O)c3ccc(Cl)cc3)c2-c2nc3ccccc3s2)C1. The summed E-state index contributed by atoms with van der Waals surface area (Å²) in [6, 6.07) is 13.7. The number of aromatic nitrogens is 1. The van der Waals surface area contributed by atoms with Crippen LogP contribution in [0, 0.1) is 0 Å². The first-order chi connectivity index (χ1) is 18.2. The lowest BCUT2D eigenvalue weighted by Crippen LogP contribution is -2.35. The van der Waals surface area contributed by atoms with Gasteiger partial charge in [0.2, 0.25) is 5.91 Å². The number of anilines is 1. The number of thiazole rings is 1. The molecule has 3 heterocycles. The Morgan fingerprint density at radius 3 is 2.63 bits per heavy atom. The number of benzene rings is 2. The Bertz CT molecular complexity index is 1580. The standard InChI is InChI=1S/C26H24ClN3O5S3/c1-2-35-26(32)30-13-11-18-21(15-30)37-25(23(18)24-28-19-5-3-4-6-20(19)36-24)29-22(31)12-14-38(33,34)17-9-7-16(27)8-10-17/h3-10H,2,11-15H2,1H3,(H,29,31). The van der Waals surface area contributed by atoms with Crippen LogP contribution in [-0.2, 0) is 32.3 Å². The fraction of sp³-hybridized carbons (Fsp3) is 0.269. The number of hydrogen-bond acceptors (Lipinski definition) is 8. The summed E-state index contributed by atoms with van der Waals surface area (Å²) in [5, 5.41) is 4.76. The Balaban J connectivity index is 1.41. The molecule has 0 saturated carbocycles. The van der Waals surface area contributed by atoms with Crippen LogP contribution in [0.15, 0.2) is 53.4 Å². The van der Waals surface area contributed by atoms with Crippen molar-refractivity contribution >= 4 is 71.3 Å². The van der Waals surface area contributed by atoms with Crippen molar-refractivity contribution in [3.63, 3.8) is 0 Å². The second kappa shape index (κ2) is 11.0. The number of hydrogen-bond donors (Lipinski definition) is 1. The number of nitrogens with zero attached hydrogens (tertiary/aromatic N) is 2. The Kier molecular flexibility index (Phi) is 7.71. The summed E-state index contributed by atoms with van der Waals surface area (Å²) < 4.78 is 31.6. The monoisotopic (exact) mass is 589 g/mol. The maximum absolute atomic E-state index is 13.0. The van der Waals surface area contributed by atoms with E-state index in [1.165, 1.54) is 46.9 Å². The maximum Gasteiger partial charge on any atom is 0.410 e. The Hall–Kier alpha value is -2.99. The minimum Gasteiger partial charge on any atom is -0.450 e. The van der Waals surface area contributed by atoms with Crippen molar-refractivity contribution < 1.29 is 22.7 Å². The summed E-state index contributed by atoms with van der Waals surface area (Å²) >= 11 is 8.78. The summed E-state index contributed by atoms with van der Waals surface area (Å²) in [6.07, 6.45) is 0.0180. The summed E-state index contributed by atoms with van der Waals surface area (Å²) in [4.78, 5) is 32.8. The lowest BCUT2D eigenvalue weighted by molar-refractivity contribution is -0.115. The molecule has 0 radical (unpaired) electrons. The third kappa shape index (κ3) is 5.56. The largest absolute Gasteiger partial charge is 0.450 e. The molecule has 2 amide bonds. The van der Waals surface area contributed by atoms with E-state index in [9.17, 15) is 18.0 Å². The molecule has 0 unspecified atom stereocenters. The van der Waals surface area contributed by atoms with Crippen molar-refractivity contribution in [2.24, 2.45) is 0 Å². The number of nitrogens with one attached hydrogen (secondary N) is 1. The summed E-state index contributed by atoms with van der Waals surface area (Å²) in [5.41, 5.74) is 2.74. The number of fused-ring (bicyclic) bond motifs is 2. The summed E-state index contributed by atoms with van der Waals surface area (Å²) in [6.45, 7) is 2.93. The van der Waals surface area contributed by atoms with Crippen molar-refractivity contribution in [2.45, 2.75) is 31.2 Å². The van der Waals surface area contributed by atoms with Gasteiger partial charge in [-0.3, -0.25) is 4.79 Å². The van der Waals surface area contributed by atoms with E-state index in [-0.39, 0.29) is 23.2 Å². The minimum atomic E-state index is -3.65. The topological polar surface area (TPSA) is 106 Å². The molecular weight excluding hydrogens is 566 g/mol. The van der Waals surface area contributed by atoms with Gasteiger partial charge in [0, 0.05) is 28.4 Å². The van der Waals surface area contributed by atoms with E-state index in [4.69, 9.17) is 21.3 Å². The first-order valence-corrected chi connectivity index (χ1v) is 15.6. The number of amides is 2. The van der Waals surface area contributed by atoms with Gasteiger partial charge in [-0.05, 0) is 55.3 Å². The molecule has 8 nitrogen and oxygen atoms in total. The molecule has 2 aromatic heterocycles. The normalized spacial score (nSPS) is 13.4. The van der Waals surface area contributed by atoms with Crippen molar-refractivity contribution in [1.29, 1.82) is 0 Å². The predicted molar refractivity (Wildman–Crippen MR) is 151 cm³/mol. The Labute approximate surface area is 233 Å². The molecule has 1 aliphatic rings. The molecule has 0 fully saturated rings. The highest BCUT2D eigenvalue weighted by molar-refractivity contribution is 7.91. The predicted octanol–water partition coefficient (Wildman–Crippen LogP) is 6.00. The van der Waals surface area contributed by atoms with Gasteiger partial charge >= 0.3 is 6.09 Å². The summed E-state index contributed by atoms with van der Waals surface area (Å²) in [7, 11) is -3.65. The molecule has 5 rings (SSSR count). The van der Waals surface area contributed by atoms with E-state index in [1.807, 2.05) is 24.3 Å². The maximum atomic E-state index is 13.0. The van der Waals surface area contributed by atoms with Crippen molar-refractivity contribution in [3.05, 3.63) is 64.0 Å². The van der Waals surface area contributed by atoms with Gasteiger partial charge in [-0.1, -0.05) is 23.7 Å². The second-order valence-electron chi connectivity index (χ2n) is 8.64. The lowest BCUT2D eigenvalue weighted by atomic mass is 10.0. The average molecular weight is 590 g/mol. The molecule has 38 heavy (non-hydrogen) atoms. The highest BCUT2D eigenvalue weighted by Gasteiger charge is 2.30. The van der Waals surface area contributed by atoms with Crippen molar-refractivity contribution in [1.82, 2.24) is 9.88 Å². The van der Waals surface area contributed by atoms with Gasteiger partial charge in [-0.15, -0.1) is 22.7 Å². The molecule has 0 aliphatic carbocycles. The van der Waals surface area contributed by atoms with Crippen LogP contribution < -0.4 is 5.32 Å². The lowest BCUT2D eigenvalue weighted by Gasteiger charge is -2.26. The van der Waals surface area contributed by atoms with Crippen LogP contribution in [0.3, 0.4) is 0 Å². The smallest absolute Gasteiger partial charge is 0.410 e. The molecule has 198 valence electrons. The Morgan fingerprint density at radius 2 is 1.89 bits per heavy atom.